The van der Waals surface area contributed by atoms with Gasteiger partial charge in [0.2, 0.25) is 0 Å². The lowest BCUT2D eigenvalue weighted by molar-refractivity contribution is -0.124. The first kappa shape index (κ1) is 21.3. The molecule has 1 unspecified atom stereocenters. The maximum Gasteiger partial charge on any atom is 0.257 e. The van der Waals surface area contributed by atoms with E-state index in [-0.39, 0.29) is 24.3 Å². The molecule has 8 heteroatoms. The summed E-state index contributed by atoms with van der Waals surface area (Å²) in [6.07, 6.45) is 1.13. The standard InChI is InChI=1S/C22H25N3O5/c1-2-23-20(26)14-30-18-9-4-8-17(13-18)24-21(27)15-6-3-7-16(12-15)25-22(28)19-10-5-11-29-19/h3-4,6-9,12-13,19H,2,5,10-11,14H2,1H3,(H,23,26)(H,24,27)(H,25,28). The van der Waals surface area contributed by atoms with Crippen molar-refractivity contribution in [2.75, 3.05) is 30.4 Å². The molecule has 1 atom stereocenters. The number of hydrogen-bond donors (Lipinski definition) is 3. The number of anilines is 2. The summed E-state index contributed by atoms with van der Waals surface area (Å²) >= 11 is 0. The van der Waals surface area contributed by atoms with Gasteiger partial charge in [-0.25, -0.2) is 0 Å². The van der Waals surface area contributed by atoms with E-state index < -0.39 is 6.10 Å². The third-order valence-electron chi connectivity index (χ3n) is 4.45. The minimum Gasteiger partial charge on any atom is -0.484 e. The Morgan fingerprint density at radius 3 is 2.57 bits per heavy atom. The van der Waals surface area contributed by atoms with Gasteiger partial charge >= 0.3 is 0 Å². The molecule has 8 nitrogen and oxygen atoms in total. The van der Waals surface area contributed by atoms with Crippen molar-refractivity contribution < 1.29 is 23.9 Å². The highest BCUT2D eigenvalue weighted by Crippen LogP contribution is 2.20. The average molecular weight is 411 g/mol. The van der Waals surface area contributed by atoms with Crippen LogP contribution in [-0.4, -0.2) is 43.6 Å². The summed E-state index contributed by atoms with van der Waals surface area (Å²) in [7, 11) is 0. The van der Waals surface area contributed by atoms with Crippen LogP contribution >= 0.6 is 0 Å². The average Bonchev–Trinajstić information content (AvgIpc) is 3.28. The normalized spacial score (nSPS) is 15.3. The van der Waals surface area contributed by atoms with E-state index in [4.69, 9.17) is 9.47 Å². The van der Waals surface area contributed by atoms with Crippen LogP contribution in [0, 0.1) is 0 Å². The maximum atomic E-state index is 12.6. The van der Waals surface area contributed by atoms with Gasteiger partial charge in [-0.1, -0.05) is 12.1 Å². The van der Waals surface area contributed by atoms with E-state index >= 15 is 0 Å². The molecule has 0 spiro atoms. The van der Waals surface area contributed by atoms with Crippen LogP contribution in [0.1, 0.15) is 30.1 Å². The van der Waals surface area contributed by atoms with Crippen molar-refractivity contribution in [1.29, 1.82) is 0 Å². The molecule has 2 aromatic carbocycles. The maximum absolute atomic E-state index is 12.6. The van der Waals surface area contributed by atoms with Gasteiger partial charge in [-0.2, -0.15) is 0 Å². The van der Waals surface area contributed by atoms with Crippen molar-refractivity contribution in [3.8, 4) is 5.75 Å². The lowest BCUT2D eigenvalue weighted by Gasteiger charge is -2.12. The Morgan fingerprint density at radius 1 is 1.07 bits per heavy atom. The number of nitrogens with one attached hydrogen (secondary N) is 3. The summed E-state index contributed by atoms with van der Waals surface area (Å²) in [5.41, 5.74) is 1.46. The Hall–Kier alpha value is -3.39. The molecule has 3 rings (SSSR count). The Morgan fingerprint density at radius 2 is 1.83 bits per heavy atom. The second kappa shape index (κ2) is 10.4. The predicted molar refractivity (Wildman–Crippen MR) is 113 cm³/mol. The molecule has 30 heavy (non-hydrogen) atoms. The number of hydrogen-bond acceptors (Lipinski definition) is 5. The zero-order valence-electron chi connectivity index (χ0n) is 16.8. The molecule has 0 saturated carbocycles. The summed E-state index contributed by atoms with van der Waals surface area (Å²) in [5, 5.41) is 8.23. The van der Waals surface area contributed by atoms with Crippen LogP contribution in [-0.2, 0) is 14.3 Å². The van der Waals surface area contributed by atoms with Gasteiger partial charge in [-0.3, -0.25) is 14.4 Å². The fourth-order valence-corrected chi connectivity index (χ4v) is 3.01. The summed E-state index contributed by atoms with van der Waals surface area (Å²) in [6, 6.07) is 13.5. The molecule has 3 amide bonds. The van der Waals surface area contributed by atoms with Crippen LogP contribution in [0.4, 0.5) is 11.4 Å². The van der Waals surface area contributed by atoms with Gasteiger partial charge in [0.25, 0.3) is 17.7 Å². The Balaban J connectivity index is 1.59. The lowest BCUT2D eigenvalue weighted by atomic mass is 10.1. The van der Waals surface area contributed by atoms with E-state index in [1.54, 1.807) is 48.5 Å². The fraction of sp³-hybridized carbons (Fsp3) is 0.318. The number of amides is 3. The highest BCUT2D eigenvalue weighted by molar-refractivity contribution is 6.05. The van der Waals surface area contributed by atoms with Gasteiger partial charge in [0, 0.05) is 36.2 Å². The van der Waals surface area contributed by atoms with E-state index in [1.165, 1.54) is 0 Å². The van der Waals surface area contributed by atoms with Gasteiger partial charge in [-0.15, -0.1) is 0 Å². The molecule has 3 N–H and O–H groups in total. The van der Waals surface area contributed by atoms with E-state index in [0.717, 1.165) is 6.42 Å². The largest absolute Gasteiger partial charge is 0.484 e. The minimum absolute atomic E-state index is 0.0995. The van der Waals surface area contributed by atoms with Crippen molar-refractivity contribution in [3.63, 3.8) is 0 Å². The second-order valence-electron chi connectivity index (χ2n) is 6.80. The molecular formula is C22H25N3O5. The quantitative estimate of drug-likeness (QED) is 0.619. The Labute approximate surface area is 174 Å². The number of carbonyl (C=O) groups is 3. The van der Waals surface area contributed by atoms with E-state index in [2.05, 4.69) is 16.0 Å². The molecule has 1 fully saturated rings. The van der Waals surface area contributed by atoms with Crippen LogP contribution in [0.15, 0.2) is 48.5 Å². The highest BCUT2D eigenvalue weighted by atomic mass is 16.5. The highest BCUT2D eigenvalue weighted by Gasteiger charge is 2.23. The van der Waals surface area contributed by atoms with E-state index in [1.807, 2.05) is 6.92 Å². The van der Waals surface area contributed by atoms with Crippen molar-refractivity contribution in [2.24, 2.45) is 0 Å². The van der Waals surface area contributed by atoms with Crippen LogP contribution in [0.3, 0.4) is 0 Å². The van der Waals surface area contributed by atoms with Crippen molar-refractivity contribution >= 4 is 29.1 Å². The number of rotatable bonds is 8. The minimum atomic E-state index is -0.440. The smallest absolute Gasteiger partial charge is 0.257 e. The number of carbonyl (C=O) groups excluding carboxylic acids is 3. The summed E-state index contributed by atoms with van der Waals surface area (Å²) < 4.78 is 10.8. The molecule has 0 radical (unpaired) electrons. The number of likely N-dealkylation sites (N-methyl/N-ethyl adjacent to an activating group) is 1. The predicted octanol–water partition coefficient (Wildman–Crippen LogP) is 2.57. The molecule has 0 bridgehead atoms. The molecule has 2 aromatic rings. The van der Waals surface area contributed by atoms with Gasteiger partial charge < -0.3 is 25.4 Å². The molecule has 1 aliphatic heterocycles. The van der Waals surface area contributed by atoms with E-state index in [9.17, 15) is 14.4 Å². The summed E-state index contributed by atoms with van der Waals surface area (Å²) in [4.78, 5) is 36.3. The van der Waals surface area contributed by atoms with Crippen molar-refractivity contribution in [1.82, 2.24) is 5.32 Å². The topological polar surface area (TPSA) is 106 Å². The second-order valence-corrected chi connectivity index (χ2v) is 6.80. The van der Waals surface area contributed by atoms with Crippen LogP contribution in [0.25, 0.3) is 0 Å². The Bertz CT molecular complexity index is 909. The Kier molecular flexibility index (Phi) is 7.40. The third kappa shape index (κ3) is 6.05. The van der Waals surface area contributed by atoms with E-state index in [0.29, 0.717) is 42.3 Å². The number of benzene rings is 2. The van der Waals surface area contributed by atoms with Crippen LogP contribution < -0.4 is 20.7 Å². The van der Waals surface area contributed by atoms with Gasteiger partial charge in [0.1, 0.15) is 11.9 Å². The molecular weight excluding hydrogens is 386 g/mol. The van der Waals surface area contributed by atoms with Crippen molar-refractivity contribution in [3.05, 3.63) is 54.1 Å². The molecule has 1 aliphatic rings. The number of ether oxygens (including phenoxy) is 2. The van der Waals surface area contributed by atoms with Gasteiger partial charge in [0.05, 0.1) is 0 Å². The summed E-state index contributed by atoms with van der Waals surface area (Å²) in [5.74, 6) is -0.281. The zero-order valence-corrected chi connectivity index (χ0v) is 16.8. The monoisotopic (exact) mass is 411 g/mol. The fourth-order valence-electron chi connectivity index (χ4n) is 3.01. The molecule has 1 saturated heterocycles. The first-order chi connectivity index (χ1) is 14.5. The third-order valence-corrected chi connectivity index (χ3v) is 4.45. The van der Waals surface area contributed by atoms with Crippen LogP contribution in [0.2, 0.25) is 0 Å². The zero-order chi connectivity index (χ0) is 21.3. The first-order valence-electron chi connectivity index (χ1n) is 9.88. The lowest BCUT2D eigenvalue weighted by Crippen LogP contribution is -2.28. The summed E-state index contributed by atoms with van der Waals surface area (Å²) in [6.45, 7) is 2.85. The van der Waals surface area contributed by atoms with Gasteiger partial charge in [-0.05, 0) is 50.1 Å². The molecule has 0 aromatic heterocycles. The first-order valence-corrected chi connectivity index (χ1v) is 9.88. The molecule has 0 aliphatic carbocycles. The molecule has 158 valence electrons. The van der Waals surface area contributed by atoms with Crippen molar-refractivity contribution in [2.45, 2.75) is 25.9 Å². The van der Waals surface area contributed by atoms with Crippen LogP contribution in [0.5, 0.6) is 5.75 Å². The molecule has 1 heterocycles. The van der Waals surface area contributed by atoms with Gasteiger partial charge in [0.15, 0.2) is 6.61 Å². The SMILES string of the molecule is CCNC(=O)COc1cccc(NC(=O)c2cccc(NC(=O)C3CCCO3)c2)c1.